The van der Waals surface area contributed by atoms with E-state index in [4.69, 9.17) is 10.2 Å². The fraction of sp³-hybridized carbons (Fsp3) is 0.438. The summed E-state index contributed by atoms with van der Waals surface area (Å²) >= 11 is 0. The van der Waals surface area contributed by atoms with Crippen LogP contribution in [0.1, 0.15) is 50.6 Å². The first kappa shape index (κ1) is 14.6. The minimum Gasteiger partial charge on any atom is -0.427 e. The van der Waals surface area contributed by atoms with E-state index < -0.39 is 0 Å². The Kier molecular flexibility index (Phi) is 4.79. The molecule has 0 aliphatic heterocycles. The first-order valence-corrected chi connectivity index (χ1v) is 7.15. The van der Waals surface area contributed by atoms with Crippen LogP contribution in [-0.2, 0) is 0 Å². The van der Waals surface area contributed by atoms with Gasteiger partial charge in [0.2, 0.25) is 0 Å². The highest BCUT2D eigenvalue weighted by molar-refractivity contribution is 5.19. The van der Waals surface area contributed by atoms with E-state index in [-0.39, 0.29) is 12.1 Å². The molecule has 0 saturated carbocycles. The van der Waals surface area contributed by atoms with Gasteiger partial charge in [0.05, 0.1) is 12.2 Å². The summed E-state index contributed by atoms with van der Waals surface area (Å²) in [4.78, 5) is 6.41. The lowest BCUT2D eigenvalue weighted by atomic mass is 10.0. The molecule has 108 valence electrons. The third-order valence-corrected chi connectivity index (χ3v) is 3.71. The van der Waals surface area contributed by atoms with Crippen LogP contribution < -0.4 is 5.73 Å². The summed E-state index contributed by atoms with van der Waals surface area (Å²) in [6.07, 6.45) is 2.81. The van der Waals surface area contributed by atoms with Crippen molar-refractivity contribution in [3.8, 4) is 0 Å². The molecule has 0 aliphatic rings. The predicted octanol–water partition coefficient (Wildman–Crippen LogP) is 3.79. The molecule has 2 aromatic rings. The summed E-state index contributed by atoms with van der Waals surface area (Å²) in [6.45, 7) is 7.54. The predicted molar refractivity (Wildman–Crippen MR) is 81.2 cm³/mol. The fourth-order valence-corrected chi connectivity index (χ4v) is 2.56. The Hall–Kier alpha value is -1.81. The average molecular weight is 273 g/mol. The number of hydrogen-bond donors (Lipinski definition) is 1. The third-order valence-electron chi connectivity index (χ3n) is 3.71. The molecule has 0 saturated heterocycles. The number of anilines is 1. The average Bonchev–Trinajstić information content (AvgIpc) is 2.91. The van der Waals surface area contributed by atoms with Gasteiger partial charge in [0.15, 0.2) is 0 Å². The van der Waals surface area contributed by atoms with Crippen LogP contribution in [0.3, 0.4) is 0 Å². The molecule has 0 spiro atoms. The number of oxazole rings is 1. The molecular weight excluding hydrogens is 250 g/mol. The number of aromatic nitrogens is 1. The Balaban J connectivity index is 2.22. The Morgan fingerprint density at radius 2 is 1.90 bits per heavy atom. The lowest BCUT2D eigenvalue weighted by molar-refractivity contribution is 0.138. The Labute approximate surface area is 120 Å². The van der Waals surface area contributed by atoms with E-state index in [0.29, 0.717) is 6.04 Å². The maximum atomic E-state index is 5.58. The first-order valence-electron chi connectivity index (χ1n) is 7.15. The fourth-order valence-electron chi connectivity index (χ4n) is 2.56. The molecule has 20 heavy (non-hydrogen) atoms. The molecule has 0 fully saturated rings. The second-order valence-electron chi connectivity index (χ2n) is 5.10. The third kappa shape index (κ3) is 3.20. The number of nitrogen functional groups attached to an aromatic ring is 1. The SMILES string of the molecule is CCCN(C(C)c1ccccc1)C(C)c1cnc(N)o1. The summed E-state index contributed by atoms with van der Waals surface area (Å²) in [7, 11) is 0. The highest BCUT2D eigenvalue weighted by Gasteiger charge is 2.24. The maximum Gasteiger partial charge on any atom is 0.292 e. The maximum absolute atomic E-state index is 5.58. The van der Waals surface area contributed by atoms with Crippen molar-refractivity contribution in [3.63, 3.8) is 0 Å². The van der Waals surface area contributed by atoms with Crippen LogP contribution in [0.25, 0.3) is 0 Å². The van der Waals surface area contributed by atoms with Crippen LogP contribution in [0.4, 0.5) is 6.01 Å². The zero-order valence-electron chi connectivity index (χ0n) is 12.4. The standard InChI is InChI=1S/C16H23N3O/c1-4-10-19(12(2)14-8-6-5-7-9-14)13(3)15-11-18-16(17)20-15/h5-9,11-13H,4,10H2,1-3H3,(H2,17,18). The van der Waals surface area contributed by atoms with Crippen LogP contribution in [-0.4, -0.2) is 16.4 Å². The van der Waals surface area contributed by atoms with Gasteiger partial charge in [-0.15, -0.1) is 0 Å². The van der Waals surface area contributed by atoms with Gasteiger partial charge < -0.3 is 10.2 Å². The van der Waals surface area contributed by atoms with Crippen LogP contribution in [0, 0.1) is 0 Å². The molecule has 0 aliphatic carbocycles. The Morgan fingerprint density at radius 3 is 2.45 bits per heavy atom. The van der Waals surface area contributed by atoms with E-state index >= 15 is 0 Å². The Bertz CT molecular complexity index is 524. The zero-order chi connectivity index (χ0) is 14.5. The molecule has 2 rings (SSSR count). The minimum absolute atomic E-state index is 0.148. The van der Waals surface area contributed by atoms with Crippen molar-refractivity contribution in [1.29, 1.82) is 0 Å². The number of hydrogen-bond acceptors (Lipinski definition) is 4. The highest BCUT2D eigenvalue weighted by atomic mass is 16.4. The number of rotatable bonds is 6. The van der Waals surface area contributed by atoms with Crippen molar-refractivity contribution >= 4 is 6.01 Å². The second-order valence-corrected chi connectivity index (χ2v) is 5.10. The molecule has 0 radical (unpaired) electrons. The molecule has 2 unspecified atom stereocenters. The van der Waals surface area contributed by atoms with E-state index in [2.05, 4.69) is 54.9 Å². The zero-order valence-corrected chi connectivity index (χ0v) is 12.4. The normalized spacial score (nSPS) is 14.4. The highest BCUT2D eigenvalue weighted by Crippen LogP contribution is 2.30. The van der Waals surface area contributed by atoms with Crippen molar-refractivity contribution in [2.75, 3.05) is 12.3 Å². The molecule has 4 nitrogen and oxygen atoms in total. The quantitative estimate of drug-likeness (QED) is 0.870. The lowest BCUT2D eigenvalue weighted by Gasteiger charge is -2.33. The smallest absolute Gasteiger partial charge is 0.292 e. The molecule has 1 heterocycles. The van der Waals surface area contributed by atoms with Gasteiger partial charge in [-0.1, -0.05) is 37.3 Å². The molecule has 0 amide bonds. The summed E-state index contributed by atoms with van der Waals surface area (Å²) in [6, 6.07) is 11.2. The van der Waals surface area contributed by atoms with Crippen molar-refractivity contribution in [2.24, 2.45) is 0 Å². The Morgan fingerprint density at radius 1 is 1.20 bits per heavy atom. The van der Waals surface area contributed by atoms with E-state index in [0.717, 1.165) is 18.7 Å². The van der Waals surface area contributed by atoms with Gasteiger partial charge in [0.25, 0.3) is 6.01 Å². The van der Waals surface area contributed by atoms with E-state index in [1.807, 2.05) is 6.07 Å². The van der Waals surface area contributed by atoms with Crippen molar-refractivity contribution in [3.05, 3.63) is 47.9 Å². The summed E-state index contributed by atoms with van der Waals surface area (Å²) in [5, 5.41) is 0. The number of nitrogens with two attached hydrogens (primary N) is 1. The molecule has 2 N–H and O–H groups in total. The van der Waals surface area contributed by atoms with Crippen LogP contribution in [0.5, 0.6) is 0 Å². The van der Waals surface area contributed by atoms with Gasteiger partial charge >= 0.3 is 0 Å². The minimum atomic E-state index is 0.148. The van der Waals surface area contributed by atoms with Crippen LogP contribution in [0.2, 0.25) is 0 Å². The van der Waals surface area contributed by atoms with Gasteiger partial charge in [-0.25, -0.2) is 4.98 Å². The molecule has 1 aromatic heterocycles. The van der Waals surface area contributed by atoms with E-state index in [1.54, 1.807) is 6.20 Å². The molecular formula is C16H23N3O. The topological polar surface area (TPSA) is 55.3 Å². The summed E-state index contributed by atoms with van der Waals surface area (Å²) in [5.41, 5.74) is 6.89. The van der Waals surface area contributed by atoms with Gasteiger partial charge in [-0.3, -0.25) is 4.90 Å². The number of nitrogens with zero attached hydrogens (tertiary/aromatic N) is 2. The monoisotopic (exact) mass is 273 g/mol. The van der Waals surface area contributed by atoms with Gasteiger partial charge in [0.1, 0.15) is 5.76 Å². The first-order chi connectivity index (χ1) is 9.63. The molecule has 0 bridgehead atoms. The van der Waals surface area contributed by atoms with E-state index in [1.165, 1.54) is 5.56 Å². The van der Waals surface area contributed by atoms with Gasteiger partial charge in [-0.2, -0.15) is 0 Å². The summed E-state index contributed by atoms with van der Waals surface area (Å²) in [5.74, 6) is 0.818. The molecule has 4 heteroatoms. The molecule has 1 aromatic carbocycles. The second kappa shape index (κ2) is 6.57. The van der Waals surface area contributed by atoms with Crippen LogP contribution in [0.15, 0.2) is 40.9 Å². The van der Waals surface area contributed by atoms with Gasteiger partial charge in [0, 0.05) is 6.04 Å². The largest absolute Gasteiger partial charge is 0.427 e. The number of benzene rings is 1. The summed E-state index contributed by atoms with van der Waals surface area (Å²) < 4.78 is 5.48. The van der Waals surface area contributed by atoms with Crippen molar-refractivity contribution in [2.45, 2.75) is 39.3 Å². The molecule has 2 atom stereocenters. The van der Waals surface area contributed by atoms with Crippen molar-refractivity contribution < 1.29 is 4.42 Å². The van der Waals surface area contributed by atoms with Crippen LogP contribution >= 0.6 is 0 Å². The van der Waals surface area contributed by atoms with E-state index in [9.17, 15) is 0 Å². The lowest BCUT2D eigenvalue weighted by Crippen LogP contribution is -2.30. The van der Waals surface area contributed by atoms with Gasteiger partial charge in [-0.05, 0) is 32.4 Å². The van der Waals surface area contributed by atoms with Crippen molar-refractivity contribution in [1.82, 2.24) is 9.88 Å².